The van der Waals surface area contributed by atoms with E-state index in [0.29, 0.717) is 53.2 Å². The number of fused-ring (bicyclic) bond motifs is 7. The zero-order chi connectivity index (χ0) is 21.3. The minimum atomic E-state index is 0.294. The molecule has 5 rings (SSSR count). The Morgan fingerprint density at radius 1 is 1.13 bits per heavy atom. The molecule has 11 atom stereocenters. The molecule has 1 saturated heterocycles. The average molecular weight is 417 g/mol. The molecule has 1 aliphatic heterocycles. The molecule has 0 amide bonds. The molecule has 2 unspecified atom stereocenters. The first-order valence-electron chi connectivity index (χ1n) is 13.1. The van der Waals surface area contributed by atoms with Crippen LogP contribution in [0.2, 0.25) is 0 Å². The Bertz CT molecular complexity index is 675. The highest BCUT2D eigenvalue weighted by atomic mass is 16.5. The maximum absolute atomic E-state index is 12.1. The highest BCUT2D eigenvalue weighted by Crippen LogP contribution is 2.69. The van der Waals surface area contributed by atoms with Gasteiger partial charge >= 0.3 is 0 Å². The quantitative estimate of drug-likeness (QED) is 0.645. The molecule has 4 aliphatic carbocycles. The third-order valence-electron chi connectivity index (χ3n) is 11.3. The Balaban J connectivity index is 1.33. The van der Waals surface area contributed by atoms with Crippen molar-refractivity contribution >= 4 is 5.78 Å². The molecule has 0 aromatic carbocycles. The van der Waals surface area contributed by atoms with Crippen molar-refractivity contribution in [1.29, 1.82) is 0 Å². The number of hydrogen-bond donors (Lipinski definition) is 1. The highest BCUT2D eigenvalue weighted by Gasteiger charge is 2.65. The van der Waals surface area contributed by atoms with Crippen molar-refractivity contribution in [1.82, 2.24) is 0 Å². The monoisotopic (exact) mass is 416 g/mol. The number of hydrogen-bond acceptors (Lipinski definition) is 3. The fraction of sp³-hybridized carbons (Fsp3) is 0.963. The van der Waals surface area contributed by atoms with Crippen molar-refractivity contribution in [3.8, 4) is 0 Å². The van der Waals surface area contributed by atoms with E-state index in [2.05, 4.69) is 27.7 Å². The summed E-state index contributed by atoms with van der Waals surface area (Å²) in [5.74, 6) is 5.43. The average Bonchev–Trinajstić information content (AvgIpc) is 3.20. The predicted octanol–water partition coefficient (Wildman–Crippen LogP) is 5.64. The third kappa shape index (κ3) is 3.08. The predicted molar refractivity (Wildman–Crippen MR) is 119 cm³/mol. The number of Topliss-reactive ketones (excluding diaryl/α,β-unsaturated/α-hetero) is 1. The summed E-state index contributed by atoms with van der Waals surface area (Å²) in [7, 11) is 0. The molecule has 30 heavy (non-hydrogen) atoms. The standard InChI is InChI=1S/C27H44O3/c1-16(15-28)5-8-23-17(2)25-24(30-23)14-22-20-7-6-18-13-19(29)9-11-26(18,3)21(20)10-12-27(22,25)4/h16-18,20-25,28H,5-15H2,1-4H3/t16-,17+,18+,20+,21-,22-,23?,24?,25-,26-,27-/m0/s1. The van der Waals surface area contributed by atoms with Crippen LogP contribution in [0.15, 0.2) is 0 Å². The van der Waals surface area contributed by atoms with Crippen LogP contribution in [0.4, 0.5) is 0 Å². The summed E-state index contributed by atoms with van der Waals surface area (Å²) in [6.07, 6.45) is 12.5. The second-order valence-electron chi connectivity index (χ2n) is 12.6. The van der Waals surface area contributed by atoms with E-state index in [1.54, 1.807) is 0 Å². The van der Waals surface area contributed by atoms with Crippen LogP contribution >= 0.6 is 0 Å². The van der Waals surface area contributed by atoms with Gasteiger partial charge in [0.1, 0.15) is 5.78 Å². The molecule has 0 bridgehead atoms. The van der Waals surface area contributed by atoms with E-state index < -0.39 is 0 Å². The van der Waals surface area contributed by atoms with E-state index in [1.165, 1.54) is 32.1 Å². The van der Waals surface area contributed by atoms with Crippen LogP contribution in [0.3, 0.4) is 0 Å². The SMILES string of the molecule is C[C@H](CO)CCC1OC2C[C@H]3[C@@H]4CC[C@@H]5CC(=O)CC[C@]5(C)[C@H]4CC[C@]3(C)[C@H]2[C@@H]1C. The maximum atomic E-state index is 12.1. The van der Waals surface area contributed by atoms with Crippen LogP contribution in [0.5, 0.6) is 0 Å². The van der Waals surface area contributed by atoms with Gasteiger partial charge in [0.15, 0.2) is 0 Å². The highest BCUT2D eigenvalue weighted by molar-refractivity contribution is 5.79. The topological polar surface area (TPSA) is 46.5 Å². The summed E-state index contributed by atoms with van der Waals surface area (Å²) in [4.78, 5) is 12.1. The number of aliphatic hydroxyl groups is 1. The van der Waals surface area contributed by atoms with Gasteiger partial charge < -0.3 is 9.84 Å². The maximum Gasteiger partial charge on any atom is 0.133 e. The van der Waals surface area contributed by atoms with Crippen molar-refractivity contribution < 1.29 is 14.6 Å². The van der Waals surface area contributed by atoms with Crippen LogP contribution in [-0.2, 0) is 9.53 Å². The summed E-state index contributed by atoms with van der Waals surface area (Å²) in [5.41, 5.74) is 0.849. The minimum absolute atomic E-state index is 0.294. The Labute approximate surface area is 183 Å². The molecule has 0 radical (unpaired) electrons. The van der Waals surface area contributed by atoms with Gasteiger partial charge in [0.2, 0.25) is 0 Å². The second-order valence-corrected chi connectivity index (χ2v) is 12.6. The number of ether oxygens (including phenoxy) is 1. The first kappa shape index (κ1) is 21.4. The van der Waals surface area contributed by atoms with Crippen molar-refractivity contribution in [3.05, 3.63) is 0 Å². The lowest BCUT2D eigenvalue weighted by Gasteiger charge is -2.60. The zero-order valence-corrected chi connectivity index (χ0v) is 19.7. The summed E-state index contributed by atoms with van der Waals surface area (Å²) in [6.45, 7) is 10.1. The zero-order valence-electron chi connectivity index (χ0n) is 19.7. The van der Waals surface area contributed by atoms with E-state index in [1.807, 2.05) is 0 Å². The van der Waals surface area contributed by atoms with Gasteiger partial charge in [0.25, 0.3) is 0 Å². The van der Waals surface area contributed by atoms with E-state index >= 15 is 0 Å². The number of aliphatic hydroxyl groups excluding tert-OH is 1. The molecule has 4 saturated carbocycles. The van der Waals surface area contributed by atoms with E-state index in [9.17, 15) is 9.90 Å². The Morgan fingerprint density at radius 3 is 2.70 bits per heavy atom. The molecule has 5 aliphatic rings. The fourth-order valence-corrected chi connectivity index (χ4v) is 9.60. The first-order valence-corrected chi connectivity index (χ1v) is 13.1. The van der Waals surface area contributed by atoms with Crippen molar-refractivity contribution in [2.24, 2.45) is 52.3 Å². The van der Waals surface area contributed by atoms with Crippen molar-refractivity contribution in [2.45, 2.75) is 104 Å². The van der Waals surface area contributed by atoms with Gasteiger partial charge in [-0.25, -0.2) is 0 Å². The van der Waals surface area contributed by atoms with Gasteiger partial charge in [0, 0.05) is 19.4 Å². The van der Waals surface area contributed by atoms with E-state index in [-0.39, 0.29) is 0 Å². The molecule has 170 valence electrons. The van der Waals surface area contributed by atoms with Gasteiger partial charge in [-0.1, -0.05) is 27.7 Å². The number of carbonyl (C=O) groups is 1. The van der Waals surface area contributed by atoms with Crippen LogP contribution in [0.1, 0.15) is 91.9 Å². The van der Waals surface area contributed by atoms with E-state index in [0.717, 1.165) is 55.8 Å². The third-order valence-corrected chi connectivity index (χ3v) is 11.3. The summed E-state index contributed by atoms with van der Waals surface area (Å²) < 4.78 is 6.75. The molecule has 1 heterocycles. The van der Waals surface area contributed by atoms with Crippen molar-refractivity contribution in [3.63, 3.8) is 0 Å². The van der Waals surface area contributed by atoms with Gasteiger partial charge in [-0.3, -0.25) is 4.79 Å². The van der Waals surface area contributed by atoms with Crippen LogP contribution in [0.25, 0.3) is 0 Å². The summed E-state index contributed by atoms with van der Waals surface area (Å²) in [6, 6.07) is 0. The van der Waals surface area contributed by atoms with Gasteiger partial charge in [-0.2, -0.15) is 0 Å². The number of ketones is 1. The Morgan fingerprint density at radius 2 is 1.93 bits per heavy atom. The van der Waals surface area contributed by atoms with Crippen molar-refractivity contribution in [2.75, 3.05) is 6.61 Å². The normalized spacial score (nSPS) is 53.6. The first-order chi connectivity index (χ1) is 14.3. The molecule has 0 aromatic rings. The van der Waals surface area contributed by atoms with E-state index in [4.69, 9.17) is 4.74 Å². The van der Waals surface area contributed by atoms with Gasteiger partial charge in [-0.15, -0.1) is 0 Å². The fourth-order valence-electron chi connectivity index (χ4n) is 9.60. The van der Waals surface area contributed by atoms with Crippen LogP contribution in [-0.4, -0.2) is 29.7 Å². The van der Waals surface area contributed by atoms with Gasteiger partial charge in [-0.05, 0) is 104 Å². The molecule has 5 fully saturated rings. The molecular formula is C27H44O3. The number of rotatable bonds is 4. The largest absolute Gasteiger partial charge is 0.396 e. The number of carbonyl (C=O) groups excluding carboxylic acids is 1. The molecule has 3 nitrogen and oxygen atoms in total. The summed E-state index contributed by atoms with van der Waals surface area (Å²) >= 11 is 0. The lowest BCUT2D eigenvalue weighted by molar-refractivity contribution is -0.140. The lowest BCUT2D eigenvalue weighted by atomic mass is 9.44. The smallest absolute Gasteiger partial charge is 0.133 e. The lowest BCUT2D eigenvalue weighted by Crippen LogP contribution is -2.54. The summed E-state index contributed by atoms with van der Waals surface area (Å²) in [5, 5.41) is 9.40. The molecule has 1 N–H and O–H groups in total. The van der Waals surface area contributed by atoms with Gasteiger partial charge in [0.05, 0.1) is 12.2 Å². The Hall–Kier alpha value is -0.410. The Kier molecular flexibility index (Phi) is 5.41. The minimum Gasteiger partial charge on any atom is -0.396 e. The van der Waals surface area contributed by atoms with Crippen LogP contribution in [0, 0.1) is 52.3 Å². The molecular weight excluding hydrogens is 372 g/mol. The van der Waals surface area contributed by atoms with Crippen LogP contribution < -0.4 is 0 Å². The molecule has 0 spiro atoms. The molecule has 0 aromatic heterocycles. The second kappa shape index (κ2) is 7.58. The molecule has 3 heteroatoms.